The Labute approximate surface area is 107 Å². The van der Waals surface area contributed by atoms with E-state index in [0.717, 1.165) is 25.7 Å². The van der Waals surface area contributed by atoms with Gasteiger partial charge in [-0.05, 0) is 19.4 Å². The second kappa shape index (κ2) is 10.7. The summed E-state index contributed by atoms with van der Waals surface area (Å²) >= 11 is 0. The minimum absolute atomic E-state index is 0.00862. The van der Waals surface area contributed by atoms with Crippen LogP contribution in [0, 0.1) is 0 Å². The van der Waals surface area contributed by atoms with Crippen molar-refractivity contribution in [3.8, 4) is 0 Å². The summed E-state index contributed by atoms with van der Waals surface area (Å²) in [5.41, 5.74) is 5.35. The maximum absolute atomic E-state index is 11.3. The Bertz CT molecular complexity index is 279. The molecule has 0 rings (SSSR count). The molecule has 6 nitrogen and oxygen atoms in total. The number of amides is 1. The van der Waals surface area contributed by atoms with Gasteiger partial charge in [0.15, 0.2) is 0 Å². The predicted molar refractivity (Wildman–Crippen MR) is 67.0 cm³/mol. The highest BCUT2D eigenvalue weighted by Gasteiger charge is 2.09. The van der Waals surface area contributed by atoms with Gasteiger partial charge in [0.1, 0.15) is 12.2 Å². The largest absolute Gasteiger partial charge is 0.481 e. The van der Waals surface area contributed by atoms with E-state index in [4.69, 9.17) is 10.8 Å². The summed E-state index contributed by atoms with van der Waals surface area (Å²) in [4.78, 5) is 32.5. The van der Waals surface area contributed by atoms with Crippen LogP contribution in [0.4, 0.5) is 0 Å². The molecule has 0 bridgehead atoms. The van der Waals surface area contributed by atoms with E-state index >= 15 is 0 Å². The van der Waals surface area contributed by atoms with Crippen LogP contribution in [0.5, 0.6) is 0 Å². The number of aliphatic carboxylic acids is 1. The van der Waals surface area contributed by atoms with E-state index < -0.39 is 18.2 Å². The van der Waals surface area contributed by atoms with Crippen LogP contribution in [0.1, 0.15) is 44.9 Å². The number of carboxylic acids is 1. The van der Waals surface area contributed by atoms with Crippen LogP contribution in [-0.4, -0.2) is 35.9 Å². The van der Waals surface area contributed by atoms with Crippen LogP contribution in [0.3, 0.4) is 0 Å². The van der Waals surface area contributed by atoms with Crippen molar-refractivity contribution >= 4 is 17.7 Å². The van der Waals surface area contributed by atoms with Gasteiger partial charge in [0.25, 0.3) is 0 Å². The fourth-order valence-corrected chi connectivity index (χ4v) is 1.45. The van der Waals surface area contributed by atoms with Crippen molar-refractivity contribution in [2.75, 3.05) is 13.1 Å². The summed E-state index contributed by atoms with van der Waals surface area (Å²) in [6.45, 7) is 1.29. The Morgan fingerprint density at radius 2 is 1.67 bits per heavy atom. The van der Waals surface area contributed by atoms with Gasteiger partial charge >= 0.3 is 5.97 Å². The SMILES string of the molecule is NCCCCCCNC(=O)CCC(=O)CC(=O)O. The van der Waals surface area contributed by atoms with Crippen LogP contribution < -0.4 is 11.1 Å². The van der Waals surface area contributed by atoms with E-state index in [1.807, 2.05) is 0 Å². The topological polar surface area (TPSA) is 109 Å². The highest BCUT2D eigenvalue weighted by atomic mass is 16.4. The van der Waals surface area contributed by atoms with Crippen molar-refractivity contribution in [1.82, 2.24) is 5.32 Å². The predicted octanol–water partition coefficient (Wildman–Crippen LogP) is 0.446. The first kappa shape index (κ1) is 16.6. The highest BCUT2D eigenvalue weighted by molar-refractivity contribution is 5.96. The van der Waals surface area contributed by atoms with Crippen LogP contribution in [0.25, 0.3) is 0 Å². The van der Waals surface area contributed by atoms with Gasteiger partial charge in [-0.2, -0.15) is 0 Å². The van der Waals surface area contributed by atoms with Crippen molar-refractivity contribution in [1.29, 1.82) is 0 Å². The third-order valence-electron chi connectivity index (χ3n) is 2.43. The number of ketones is 1. The quantitative estimate of drug-likeness (QED) is 0.368. The number of carbonyl (C=O) groups excluding carboxylic acids is 2. The Morgan fingerprint density at radius 3 is 2.28 bits per heavy atom. The number of nitrogens with two attached hydrogens (primary N) is 1. The summed E-state index contributed by atoms with van der Waals surface area (Å²) < 4.78 is 0. The lowest BCUT2D eigenvalue weighted by molar-refractivity contribution is -0.140. The Balaban J connectivity index is 3.43. The molecule has 0 aliphatic heterocycles. The lowest BCUT2D eigenvalue weighted by atomic mass is 10.1. The molecule has 0 spiro atoms. The fourth-order valence-electron chi connectivity index (χ4n) is 1.45. The number of nitrogens with one attached hydrogen (secondary N) is 1. The van der Waals surface area contributed by atoms with Gasteiger partial charge in [-0.3, -0.25) is 14.4 Å². The maximum atomic E-state index is 11.3. The van der Waals surface area contributed by atoms with E-state index in [1.54, 1.807) is 0 Å². The molecule has 6 heteroatoms. The highest BCUT2D eigenvalue weighted by Crippen LogP contribution is 1.98. The fraction of sp³-hybridized carbons (Fsp3) is 0.750. The Kier molecular flexibility index (Phi) is 9.86. The first-order chi connectivity index (χ1) is 8.56. The Morgan fingerprint density at radius 1 is 1.00 bits per heavy atom. The third-order valence-corrected chi connectivity index (χ3v) is 2.43. The smallest absolute Gasteiger partial charge is 0.310 e. The van der Waals surface area contributed by atoms with Crippen molar-refractivity contribution in [2.45, 2.75) is 44.9 Å². The van der Waals surface area contributed by atoms with E-state index in [1.165, 1.54) is 0 Å². The zero-order valence-electron chi connectivity index (χ0n) is 10.6. The van der Waals surface area contributed by atoms with Gasteiger partial charge in [0, 0.05) is 19.4 Å². The molecule has 4 N–H and O–H groups in total. The van der Waals surface area contributed by atoms with E-state index in [-0.39, 0.29) is 18.7 Å². The molecule has 0 atom stereocenters. The molecule has 18 heavy (non-hydrogen) atoms. The average molecular weight is 258 g/mol. The van der Waals surface area contributed by atoms with Crippen molar-refractivity contribution < 1.29 is 19.5 Å². The molecule has 0 fully saturated rings. The van der Waals surface area contributed by atoms with Gasteiger partial charge in [-0.25, -0.2) is 0 Å². The van der Waals surface area contributed by atoms with Crippen LogP contribution >= 0.6 is 0 Å². The van der Waals surface area contributed by atoms with Gasteiger partial charge in [-0.15, -0.1) is 0 Å². The number of hydrogen-bond donors (Lipinski definition) is 3. The van der Waals surface area contributed by atoms with Gasteiger partial charge in [0.05, 0.1) is 0 Å². The number of carbonyl (C=O) groups is 3. The number of hydrogen-bond acceptors (Lipinski definition) is 4. The van der Waals surface area contributed by atoms with E-state index in [0.29, 0.717) is 13.1 Å². The number of Topliss-reactive ketones (excluding diaryl/α,β-unsaturated/α-hetero) is 1. The number of rotatable bonds is 11. The average Bonchev–Trinajstić information content (AvgIpc) is 2.30. The van der Waals surface area contributed by atoms with Gasteiger partial charge in [-0.1, -0.05) is 12.8 Å². The van der Waals surface area contributed by atoms with Gasteiger partial charge in [0.2, 0.25) is 5.91 Å². The monoisotopic (exact) mass is 258 g/mol. The third kappa shape index (κ3) is 11.1. The van der Waals surface area contributed by atoms with Crippen molar-refractivity contribution in [3.63, 3.8) is 0 Å². The lowest BCUT2D eigenvalue weighted by Gasteiger charge is -2.04. The minimum atomic E-state index is -1.15. The summed E-state index contributed by atoms with van der Waals surface area (Å²) in [5.74, 6) is -1.77. The molecular formula is C12H22N2O4. The van der Waals surface area contributed by atoms with Crippen molar-refractivity contribution in [3.05, 3.63) is 0 Å². The van der Waals surface area contributed by atoms with Crippen LogP contribution in [-0.2, 0) is 14.4 Å². The second-order valence-corrected chi connectivity index (χ2v) is 4.16. The standard InChI is InChI=1S/C12H22N2O4/c13-7-3-1-2-4-8-14-11(16)6-5-10(15)9-12(17)18/h1-9,13H2,(H,14,16)(H,17,18). The molecule has 0 heterocycles. The second-order valence-electron chi connectivity index (χ2n) is 4.16. The lowest BCUT2D eigenvalue weighted by Crippen LogP contribution is -2.25. The summed E-state index contributed by atoms with van der Waals surface area (Å²) in [6, 6.07) is 0. The first-order valence-electron chi connectivity index (χ1n) is 6.26. The normalized spacial score (nSPS) is 10.1. The molecule has 104 valence electrons. The van der Waals surface area contributed by atoms with Crippen LogP contribution in [0.15, 0.2) is 0 Å². The maximum Gasteiger partial charge on any atom is 0.310 e. The van der Waals surface area contributed by atoms with Crippen LogP contribution in [0.2, 0.25) is 0 Å². The van der Waals surface area contributed by atoms with Crippen molar-refractivity contribution in [2.24, 2.45) is 5.73 Å². The molecule has 0 saturated carbocycles. The molecular weight excluding hydrogens is 236 g/mol. The molecule has 0 aliphatic carbocycles. The summed E-state index contributed by atoms with van der Waals surface area (Å²) in [5, 5.41) is 11.1. The molecule has 0 radical (unpaired) electrons. The van der Waals surface area contributed by atoms with E-state index in [9.17, 15) is 14.4 Å². The first-order valence-corrected chi connectivity index (χ1v) is 6.26. The molecule has 1 amide bonds. The Hall–Kier alpha value is -1.43. The van der Waals surface area contributed by atoms with Gasteiger partial charge < -0.3 is 16.2 Å². The molecule has 0 aromatic heterocycles. The zero-order valence-corrected chi connectivity index (χ0v) is 10.6. The van der Waals surface area contributed by atoms with E-state index in [2.05, 4.69) is 5.32 Å². The molecule has 0 aromatic rings. The molecule has 0 saturated heterocycles. The number of carboxylic acid groups (broad SMARTS) is 1. The molecule has 0 aliphatic rings. The summed E-state index contributed by atoms with van der Waals surface area (Å²) in [7, 11) is 0. The zero-order chi connectivity index (χ0) is 13.8. The summed E-state index contributed by atoms with van der Waals surface area (Å²) in [6.07, 6.45) is 3.53. The number of unbranched alkanes of at least 4 members (excludes halogenated alkanes) is 3. The molecule has 0 aromatic carbocycles. The molecule has 0 unspecified atom stereocenters. The minimum Gasteiger partial charge on any atom is -0.481 e.